The minimum absolute atomic E-state index is 0.127. The van der Waals surface area contributed by atoms with E-state index in [1.807, 2.05) is 36.1 Å². The first kappa shape index (κ1) is 11.3. The van der Waals surface area contributed by atoms with Crippen LogP contribution in [-0.4, -0.2) is 24.1 Å². The zero-order chi connectivity index (χ0) is 11.5. The summed E-state index contributed by atoms with van der Waals surface area (Å²) < 4.78 is 5.09. The number of rotatable bonds is 3. The maximum absolute atomic E-state index is 12.0. The summed E-state index contributed by atoms with van der Waals surface area (Å²) >= 11 is 1.71. The second-order valence-electron chi connectivity index (χ2n) is 3.66. The molecule has 1 aromatic rings. The van der Waals surface area contributed by atoms with Gasteiger partial charge in [-0.3, -0.25) is 4.79 Å². The summed E-state index contributed by atoms with van der Waals surface area (Å²) in [6.07, 6.45) is 0.899. The number of benzene rings is 1. The highest BCUT2D eigenvalue weighted by Gasteiger charge is 2.31. The van der Waals surface area contributed by atoms with Crippen LogP contribution in [0.25, 0.3) is 0 Å². The van der Waals surface area contributed by atoms with E-state index >= 15 is 0 Å². The molecule has 2 rings (SSSR count). The van der Waals surface area contributed by atoms with Crippen LogP contribution in [0.5, 0.6) is 5.75 Å². The Morgan fingerprint density at radius 3 is 2.62 bits per heavy atom. The van der Waals surface area contributed by atoms with Gasteiger partial charge in [-0.1, -0.05) is 6.92 Å². The van der Waals surface area contributed by atoms with Crippen molar-refractivity contribution in [3.05, 3.63) is 24.3 Å². The average molecular weight is 237 g/mol. The lowest BCUT2D eigenvalue weighted by atomic mass is 10.2. The number of anilines is 1. The van der Waals surface area contributed by atoms with Gasteiger partial charge in [0.1, 0.15) is 5.75 Å². The van der Waals surface area contributed by atoms with Gasteiger partial charge in [-0.2, -0.15) is 0 Å². The lowest BCUT2D eigenvalue weighted by Gasteiger charge is -2.15. The molecular formula is C12H15NO2S. The lowest BCUT2D eigenvalue weighted by molar-refractivity contribution is -0.117. The summed E-state index contributed by atoms with van der Waals surface area (Å²) in [5.41, 5.74) is 0.953. The van der Waals surface area contributed by atoms with E-state index in [2.05, 4.69) is 0 Å². The van der Waals surface area contributed by atoms with Crippen LogP contribution in [0.15, 0.2) is 24.3 Å². The number of hydrogen-bond donors (Lipinski definition) is 0. The number of methoxy groups -OCH3 is 1. The second kappa shape index (κ2) is 4.78. The molecule has 16 heavy (non-hydrogen) atoms. The Morgan fingerprint density at radius 2 is 2.12 bits per heavy atom. The Balaban J connectivity index is 2.16. The fourth-order valence-electron chi connectivity index (χ4n) is 1.73. The van der Waals surface area contributed by atoms with Crippen LogP contribution in [0.3, 0.4) is 0 Å². The zero-order valence-electron chi connectivity index (χ0n) is 9.47. The van der Waals surface area contributed by atoms with E-state index in [0.29, 0.717) is 0 Å². The average Bonchev–Trinajstić information content (AvgIpc) is 2.70. The highest BCUT2D eigenvalue weighted by atomic mass is 32.2. The predicted octanol–water partition coefficient (Wildman–Crippen LogP) is 2.51. The zero-order valence-corrected chi connectivity index (χ0v) is 10.3. The van der Waals surface area contributed by atoms with Crippen molar-refractivity contribution in [3.63, 3.8) is 0 Å². The van der Waals surface area contributed by atoms with Crippen molar-refractivity contribution < 1.29 is 9.53 Å². The van der Waals surface area contributed by atoms with Gasteiger partial charge < -0.3 is 9.64 Å². The molecule has 1 aliphatic rings. The Hall–Kier alpha value is -1.16. The SMILES string of the molecule is CCC1SCN(c2ccc(OC)cc2)C1=O. The molecule has 0 bridgehead atoms. The summed E-state index contributed by atoms with van der Waals surface area (Å²) in [5, 5.41) is 0.127. The van der Waals surface area contributed by atoms with E-state index in [1.165, 1.54) is 0 Å². The van der Waals surface area contributed by atoms with Crippen LogP contribution >= 0.6 is 11.8 Å². The van der Waals surface area contributed by atoms with Crippen molar-refractivity contribution >= 4 is 23.4 Å². The van der Waals surface area contributed by atoms with Crippen LogP contribution in [0.1, 0.15) is 13.3 Å². The monoisotopic (exact) mass is 237 g/mol. The molecule has 1 atom stereocenters. The van der Waals surface area contributed by atoms with Crippen molar-refractivity contribution in [1.82, 2.24) is 0 Å². The van der Waals surface area contributed by atoms with E-state index in [0.717, 1.165) is 23.7 Å². The maximum Gasteiger partial charge on any atom is 0.240 e. The summed E-state index contributed by atoms with van der Waals surface area (Å²) in [7, 11) is 1.64. The molecule has 0 saturated carbocycles. The molecule has 1 fully saturated rings. The Kier molecular flexibility index (Phi) is 3.39. The molecule has 0 radical (unpaired) electrons. The third-order valence-electron chi connectivity index (χ3n) is 2.70. The predicted molar refractivity (Wildman–Crippen MR) is 67.0 cm³/mol. The minimum atomic E-state index is 0.127. The Morgan fingerprint density at radius 1 is 1.44 bits per heavy atom. The Labute approximate surface area is 99.8 Å². The van der Waals surface area contributed by atoms with E-state index < -0.39 is 0 Å². The van der Waals surface area contributed by atoms with Gasteiger partial charge in [0.25, 0.3) is 0 Å². The number of nitrogens with zero attached hydrogens (tertiary/aromatic N) is 1. The van der Waals surface area contributed by atoms with Gasteiger partial charge >= 0.3 is 0 Å². The topological polar surface area (TPSA) is 29.5 Å². The molecule has 1 amide bonds. The molecular weight excluding hydrogens is 222 g/mol. The molecule has 1 unspecified atom stereocenters. The molecule has 1 aliphatic heterocycles. The third-order valence-corrected chi connectivity index (χ3v) is 4.05. The highest BCUT2D eigenvalue weighted by molar-refractivity contribution is 8.01. The molecule has 0 N–H and O–H groups in total. The number of thioether (sulfide) groups is 1. The molecule has 1 heterocycles. The summed E-state index contributed by atoms with van der Waals surface area (Å²) in [6, 6.07) is 7.61. The van der Waals surface area contributed by atoms with Crippen LogP contribution in [0, 0.1) is 0 Å². The smallest absolute Gasteiger partial charge is 0.240 e. The molecule has 1 aromatic carbocycles. The molecule has 0 aliphatic carbocycles. The van der Waals surface area contributed by atoms with Gasteiger partial charge in [-0.05, 0) is 30.7 Å². The van der Waals surface area contributed by atoms with Gasteiger partial charge in [0.05, 0.1) is 18.2 Å². The fraction of sp³-hybridized carbons (Fsp3) is 0.417. The maximum atomic E-state index is 12.0. The number of hydrogen-bond acceptors (Lipinski definition) is 3. The summed E-state index contributed by atoms with van der Waals surface area (Å²) in [4.78, 5) is 13.8. The molecule has 1 saturated heterocycles. The van der Waals surface area contributed by atoms with Crippen molar-refractivity contribution in [2.24, 2.45) is 0 Å². The van der Waals surface area contributed by atoms with Crippen molar-refractivity contribution in [2.45, 2.75) is 18.6 Å². The number of carbonyl (C=O) groups is 1. The molecule has 4 heteroatoms. The normalized spacial score (nSPS) is 20.2. The number of amides is 1. The molecule has 3 nitrogen and oxygen atoms in total. The van der Waals surface area contributed by atoms with Crippen LogP contribution in [0.2, 0.25) is 0 Å². The van der Waals surface area contributed by atoms with Crippen molar-refractivity contribution in [1.29, 1.82) is 0 Å². The summed E-state index contributed by atoms with van der Waals surface area (Å²) in [5.74, 6) is 1.79. The highest BCUT2D eigenvalue weighted by Crippen LogP contribution is 2.31. The molecule has 0 spiro atoms. The van der Waals surface area contributed by atoms with Gasteiger partial charge in [0, 0.05) is 5.69 Å². The standard InChI is InChI=1S/C12H15NO2S/c1-3-11-12(14)13(8-16-11)9-4-6-10(15-2)7-5-9/h4-7,11H,3,8H2,1-2H3. The van der Waals surface area contributed by atoms with E-state index in [9.17, 15) is 4.79 Å². The molecule has 0 aromatic heterocycles. The van der Waals surface area contributed by atoms with Crippen LogP contribution < -0.4 is 9.64 Å². The fourth-order valence-corrected chi connectivity index (χ4v) is 2.84. The van der Waals surface area contributed by atoms with Crippen molar-refractivity contribution in [3.8, 4) is 5.75 Å². The summed E-state index contributed by atoms with van der Waals surface area (Å²) in [6.45, 7) is 2.05. The van der Waals surface area contributed by atoms with Crippen LogP contribution in [-0.2, 0) is 4.79 Å². The third kappa shape index (κ3) is 2.02. The van der Waals surface area contributed by atoms with Gasteiger partial charge in [0.15, 0.2) is 0 Å². The quantitative estimate of drug-likeness (QED) is 0.809. The van der Waals surface area contributed by atoms with E-state index in [-0.39, 0.29) is 11.2 Å². The van der Waals surface area contributed by atoms with Gasteiger partial charge in [0.2, 0.25) is 5.91 Å². The van der Waals surface area contributed by atoms with Crippen LogP contribution in [0.4, 0.5) is 5.69 Å². The van der Waals surface area contributed by atoms with E-state index in [1.54, 1.807) is 18.9 Å². The first-order chi connectivity index (χ1) is 7.76. The first-order valence-corrected chi connectivity index (χ1v) is 6.38. The lowest BCUT2D eigenvalue weighted by Crippen LogP contribution is -2.28. The van der Waals surface area contributed by atoms with Gasteiger partial charge in [-0.25, -0.2) is 0 Å². The number of ether oxygens (including phenoxy) is 1. The minimum Gasteiger partial charge on any atom is -0.497 e. The second-order valence-corrected chi connectivity index (χ2v) is 4.82. The number of carbonyl (C=O) groups excluding carboxylic acids is 1. The largest absolute Gasteiger partial charge is 0.497 e. The molecule has 86 valence electrons. The van der Waals surface area contributed by atoms with E-state index in [4.69, 9.17) is 4.74 Å². The first-order valence-electron chi connectivity index (χ1n) is 5.33. The van der Waals surface area contributed by atoms with Gasteiger partial charge in [-0.15, -0.1) is 11.8 Å². The Bertz CT molecular complexity index is 377. The van der Waals surface area contributed by atoms with Crippen molar-refractivity contribution in [2.75, 3.05) is 17.9 Å².